The number of anilines is 2. The third-order valence-electron chi connectivity index (χ3n) is 4.21. The van der Waals surface area contributed by atoms with Crippen LogP contribution >= 0.6 is 0 Å². The molecular weight excluding hydrogens is 376 g/mol. The molecule has 0 bridgehead atoms. The van der Waals surface area contributed by atoms with Gasteiger partial charge in [-0.25, -0.2) is 10.2 Å². The zero-order valence-corrected chi connectivity index (χ0v) is 16.3. The number of urea groups is 1. The van der Waals surface area contributed by atoms with Crippen LogP contribution in [0.1, 0.15) is 11.4 Å². The van der Waals surface area contributed by atoms with E-state index in [0.717, 1.165) is 17.1 Å². The molecular formula is C21H21ClN4O2. The molecule has 3 rings (SSSR count). The van der Waals surface area contributed by atoms with Crippen LogP contribution in [-0.2, 0) is 7.05 Å². The van der Waals surface area contributed by atoms with Crippen molar-refractivity contribution in [3.8, 4) is 5.75 Å². The number of aryl methyl sites for hydroxylation is 1. The standard InChI is InChI=1S/C21H20N4O2.ClH/c1-16-13-14-20(26)19(24(16)2)15-22-23-21(27)25(17-9-5-3-6-10-17)18-11-7-4-8-12-18;/h3-15,26H,1-2H3;1H. The highest BCUT2D eigenvalue weighted by Gasteiger charge is 2.18. The van der Waals surface area contributed by atoms with Gasteiger partial charge in [0.15, 0.2) is 11.4 Å². The molecule has 28 heavy (non-hydrogen) atoms. The maximum absolute atomic E-state index is 12.8. The normalized spacial score (nSPS) is 10.4. The topological polar surface area (TPSA) is 68.8 Å². The number of nitrogens with zero attached hydrogens (tertiary/aromatic N) is 3. The number of halogens is 1. The number of pyridine rings is 1. The van der Waals surface area contributed by atoms with Crippen LogP contribution < -0.4 is 27.3 Å². The summed E-state index contributed by atoms with van der Waals surface area (Å²) in [7, 11) is 1.82. The predicted octanol–water partition coefficient (Wildman–Crippen LogP) is 0.411. The Balaban J connectivity index is 0.00000280. The van der Waals surface area contributed by atoms with Crippen molar-refractivity contribution in [2.45, 2.75) is 6.92 Å². The summed E-state index contributed by atoms with van der Waals surface area (Å²) in [6, 6.07) is 21.6. The van der Waals surface area contributed by atoms with Gasteiger partial charge >= 0.3 is 6.03 Å². The Labute approximate surface area is 170 Å². The first-order chi connectivity index (χ1) is 13.1. The number of amides is 2. The number of para-hydroxylation sites is 2. The smallest absolute Gasteiger partial charge is 0.346 e. The van der Waals surface area contributed by atoms with E-state index in [0.29, 0.717) is 5.69 Å². The lowest BCUT2D eigenvalue weighted by Gasteiger charge is -2.22. The first-order valence-electron chi connectivity index (χ1n) is 8.50. The fourth-order valence-corrected chi connectivity index (χ4v) is 2.65. The third kappa shape index (κ3) is 4.66. The van der Waals surface area contributed by atoms with Crippen LogP contribution in [0.4, 0.5) is 16.2 Å². The SMILES string of the molecule is Cc1ccc(O)c(/C=N/NC(=O)N(c2ccccc2)c2ccccc2)[n+]1C.[Cl-]. The summed E-state index contributed by atoms with van der Waals surface area (Å²) in [6.07, 6.45) is 1.42. The molecule has 3 aromatic rings. The number of aromatic hydroxyl groups is 1. The average Bonchev–Trinajstić information content (AvgIpc) is 2.69. The van der Waals surface area contributed by atoms with Crippen LogP contribution in [-0.4, -0.2) is 17.4 Å². The molecule has 0 aliphatic heterocycles. The molecule has 2 amide bonds. The summed E-state index contributed by atoms with van der Waals surface area (Å²) in [5, 5.41) is 14.0. The fourth-order valence-electron chi connectivity index (χ4n) is 2.65. The zero-order valence-electron chi connectivity index (χ0n) is 15.6. The van der Waals surface area contributed by atoms with Gasteiger partial charge in [-0.05, 0) is 30.3 Å². The van der Waals surface area contributed by atoms with E-state index >= 15 is 0 Å². The van der Waals surface area contributed by atoms with Crippen molar-refractivity contribution >= 4 is 23.6 Å². The minimum absolute atomic E-state index is 0. The van der Waals surface area contributed by atoms with Crippen molar-refractivity contribution in [1.29, 1.82) is 0 Å². The van der Waals surface area contributed by atoms with E-state index in [2.05, 4.69) is 10.5 Å². The molecule has 1 heterocycles. The van der Waals surface area contributed by atoms with Crippen LogP contribution in [0, 0.1) is 6.92 Å². The van der Waals surface area contributed by atoms with Crippen molar-refractivity contribution in [2.75, 3.05) is 4.90 Å². The average molecular weight is 397 g/mol. The van der Waals surface area contributed by atoms with Gasteiger partial charge in [0, 0.05) is 13.0 Å². The maximum Gasteiger partial charge on any atom is 0.346 e. The number of carbonyl (C=O) groups is 1. The molecule has 2 aromatic carbocycles. The first-order valence-corrected chi connectivity index (χ1v) is 8.50. The number of carbonyl (C=O) groups excluding carboxylic acids is 1. The molecule has 0 aliphatic carbocycles. The Morgan fingerprint density at radius 3 is 2.07 bits per heavy atom. The summed E-state index contributed by atoms with van der Waals surface area (Å²) in [4.78, 5) is 14.3. The second-order valence-corrected chi connectivity index (χ2v) is 5.99. The number of rotatable bonds is 4. The Morgan fingerprint density at radius 2 is 1.54 bits per heavy atom. The van der Waals surface area contributed by atoms with E-state index in [9.17, 15) is 9.90 Å². The van der Waals surface area contributed by atoms with Crippen LogP contribution in [0.25, 0.3) is 0 Å². The molecule has 2 N–H and O–H groups in total. The predicted molar refractivity (Wildman–Crippen MR) is 105 cm³/mol. The summed E-state index contributed by atoms with van der Waals surface area (Å²) in [5.74, 6) is 0.0871. The summed E-state index contributed by atoms with van der Waals surface area (Å²) in [5.41, 5.74) is 5.43. The molecule has 0 atom stereocenters. The van der Waals surface area contributed by atoms with Crippen LogP contribution in [0.5, 0.6) is 5.75 Å². The number of nitrogens with one attached hydrogen (secondary N) is 1. The van der Waals surface area contributed by atoms with Crippen LogP contribution in [0.2, 0.25) is 0 Å². The van der Waals surface area contributed by atoms with Gasteiger partial charge in [0.2, 0.25) is 0 Å². The molecule has 0 saturated carbocycles. The van der Waals surface area contributed by atoms with Crippen molar-refractivity contribution < 1.29 is 26.9 Å². The van der Waals surface area contributed by atoms with E-state index in [1.165, 1.54) is 11.1 Å². The maximum atomic E-state index is 12.8. The van der Waals surface area contributed by atoms with Crippen molar-refractivity contribution in [3.63, 3.8) is 0 Å². The number of hydrazone groups is 1. The van der Waals surface area contributed by atoms with Gasteiger partial charge in [-0.15, -0.1) is 0 Å². The lowest BCUT2D eigenvalue weighted by atomic mass is 10.2. The Morgan fingerprint density at radius 1 is 1.00 bits per heavy atom. The van der Waals surface area contributed by atoms with E-state index in [1.807, 2.05) is 74.6 Å². The number of hydrogen-bond acceptors (Lipinski definition) is 3. The highest BCUT2D eigenvalue weighted by molar-refractivity contribution is 5.99. The largest absolute Gasteiger partial charge is 1.00 e. The van der Waals surface area contributed by atoms with Gasteiger partial charge in [0.1, 0.15) is 13.3 Å². The summed E-state index contributed by atoms with van der Waals surface area (Å²) >= 11 is 0. The third-order valence-corrected chi connectivity index (χ3v) is 4.21. The van der Waals surface area contributed by atoms with Crippen molar-refractivity contribution in [2.24, 2.45) is 12.1 Å². The van der Waals surface area contributed by atoms with Crippen LogP contribution in [0.3, 0.4) is 0 Å². The number of benzene rings is 2. The Bertz CT molecular complexity index is 923. The molecule has 0 saturated heterocycles. The molecule has 1 aromatic heterocycles. The molecule has 0 fully saturated rings. The Kier molecular flexibility index (Phi) is 7.12. The van der Waals surface area contributed by atoms with E-state index in [-0.39, 0.29) is 18.2 Å². The van der Waals surface area contributed by atoms with E-state index in [1.54, 1.807) is 16.7 Å². The fraction of sp³-hybridized carbons (Fsp3) is 0.0952. The molecule has 0 aliphatic rings. The van der Waals surface area contributed by atoms with Crippen LogP contribution in [0.15, 0.2) is 77.9 Å². The quantitative estimate of drug-likeness (QED) is 0.381. The molecule has 6 nitrogen and oxygen atoms in total. The van der Waals surface area contributed by atoms with Gasteiger partial charge in [-0.2, -0.15) is 9.67 Å². The second-order valence-electron chi connectivity index (χ2n) is 5.99. The molecule has 0 spiro atoms. The minimum Gasteiger partial charge on any atom is -1.00 e. The zero-order chi connectivity index (χ0) is 19.2. The van der Waals surface area contributed by atoms with Gasteiger partial charge in [-0.3, -0.25) is 4.90 Å². The molecule has 0 unspecified atom stereocenters. The highest BCUT2D eigenvalue weighted by Crippen LogP contribution is 2.24. The number of hydrogen-bond donors (Lipinski definition) is 2. The van der Waals surface area contributed by atoms with E-state index in [4.69, 9.17) is 0 Å². The summed E-state index contributed by atoms with van der Waals surface area (Å²) < 4.78 is 1.79. The lowest BCUT2D eigenvalue weighted by Crippen LogP contribution is -3.00. The summed E-state index contributed by atoms with van der Waals surface area (Å²) in [6.45, 7) is 1.92. The molecule has 144 valence electrons. The molecule has 0 radical (unpaired) electrons. The Hall–Kier alpha value is -3.38. The van der Waals surface area contributed by atoms with Crippen molar-refractivity contribution in [1.82, 2.24) is 5.43 Å². The van der Waals surface area contributed by atoms with Gasteiger partial charge in [-0.1, -0.05) is 36.4 Å². The minimum atomic E-state index is -0.404. The van der Waals surface area contributed by atoms with Gasteiger partial charge < -0.3 is 17.5 Å². The second kappa shape index (κ2) is 9.53. The first kappa shape index (κ1) is 20.9. The van der Waals surface area contributed by atoms with Crippen molar-refractivity contribution in [3.05, 3.63) is 84.2 Å². The van der Waals surface area contributed by atoms with Gasteiger partial charge in [0.05, 0.1) is 11.4 Å². The number of aromatic nitrogens is 1. The monoisotopic (exact) mass is 396 g/mol. The van der Waals surface area contributed by atoms with E-state index < -0.39 is 6.03 Å². The lowest BCUT2D eigenvalue weighted by molar-refractivity contribution is -0.678. The highest BCUT2D eigenvalue weighted by atomic mass is 35.5. The molecule has 7 heteroatoms. The van der Waals surface area contributed by atoms with Gasteiger partial charge in [0.25, 0.3) is 5.69 Å².